The average Bonchev–Trinajstić information content (AvgIpc) is 2.75. The summed E-state index contributed by atoms with van der Waals surface area (Å²) in [4.78, 5) is 24.7. The standard InChI is InChI=1S/C21H18ClN5O3/c1-3-16-17(9-8-15(11-24)18(16)22)25-19(12(2)28)21(30)27-26-20(29)14-6-4-13(10-23)5-7-14/h3-9,12,19,25,28H,1H2,2H3,(H,26,29)(H,27,30). The van der Waals surface area contributed by atoms with Crippen molar-refractivity contribution in [2.45, 2.75) is 19.1 Å². The maximum absolute atomic E-state index is 12.5. The van der Waals surface area contributed by atoms with Crippen molar-refractivity contribution in [3.63, 3.8) is 0 Å². The van der Waals surface area contributed by atoms with Crippen molar-refractivity contribution < 1.29 is 14.7 Å². The van der Waals surface area contributed by atoms with E-state index in [-0.39, 0.29) is 16.1 Å². The summed E-state index contributed by atoms with van der Waals surface area (Å²) in [5.74, 6) is -1.30. The number of nitriles is 2. The van der Waals surface area contributed by atoms with Gasteiger partial charge in [-0.15, -0.1) is 0 Å². The molecule has 0 aliphatic rings. The summed E-state index contributed by atoms with van der Waals surface area (Å²) >= 11 is 6.18. The van der Waals surface area contributed by atoms with Crippen LogP contribution in [0.5, 0.6) is 0 Å². The number of halogens is 1. The molecule has 8 nitrogen and oxygen atoms in total. The molecule has 0 aliphatic heterocycles. The molecule has 2 rings (SSSR count). The van der Waals surface area contributed by atoms with Gasteiger partial charge in [0.05, 0.1) is 28.3 Å². The number of nitrogens with one attached hydrogen (secondary N) is 3. The van der Waals surface area contributed by atoms with Gasteiger partial charge in [0, 0.05) is 16.8 Å². The van der Waals surface area contributed by atoms with E-state index in [1.165, 1.54) is 43.3 Å². The van der Waals surface area contributed by atoms with Crippen molar-refractivity contribution in [3.8, 4) is 12.1 Å². The molecule has 2 aromatic carbocycles. The van der Waals surface area contributed by atoms with Crippen LogP contribution in [0, 0.1) is 22.7 Å². The highest BCUT2D eigenvalue weighted by Crippen LogP contribution is 2.29. The van der Waals surface area contributed by atoms with Crippen LogP contribution in [0.4, 0.5) is 5.69 Å². The molecular weight excluding hydrogens is 406 g/mol. The molecule has 152 valence electrons. The number of carbonyl (C=O) groups excluding carboxylic acids is 2. The Labute approximate surface area is 178 Å². The van der Waals surface area contributed by atoms with Crippen LogP contribution in [-0.4, -0.2) is 29.1 Å². The monoisotopic (exact) mass is 423 g/mol. The molecule has 4 N–H and O–H groups in total. The maximum atomic E-state index is 12.5. The van der Waals surface area contributed by atoms with Crippen molar-refractivity contribution in [2.75, 3.05) is 5.32 Å². The number of nitrogens with zero attached hydrogens (tertiary/aromatic N) is 2. The highest BCUT2D eigenvalue weighted by Gasteiger charge is 2.25. The minimum atomic E-state index is -1.14. The third-order valence-corrected chi connectivity index (χ3v) is 4.56. The van der Waals surface area contributed by atoms with E-state index in [0.29, 0.717) is 16.8 Å². The largest absolute Gasteiger partial charge is 0.391 e. The molecule has 2 aromatic rings. The molecule has 2 atom stereocenters. The number of anilines is 1. The summed E-state index contributed by atoms with van der Waals surface area (Å²) < 4.78 is 0. The number of rotatable bonds is 6. The highest BCUT2D eigenvalue weighted by molar-refractivity contribution is 6.33. The van der Waals surface area contributed by atoms with Crippen LogP contribution >= 0.6 is 11.6 Å². The molecule has 0 bridgehead atoms. The van der Waals surface area contributed by atoms with Gasteiger partial charge in [0.2, 0.25) is 0 Å². The van der Waals surface area contributed by atoms with Gasteiger partial charge in [-0.3, -0.25) is 20.4 Å². The second kappa shape index (κ2) is 10.1. The van der Waals surface area contributed by atoms with Crippen LogP contribution in [0.3, 0.4) is 0 Å². The van der Waals surface area contributed by atoms with E-state index >= 15 is 0 Å². The van der Waals surface area contributed by atoms with Gasteiger partial charge in [-0.2, -0.15) is 10.5 Å². The number of hydrogen-bond donors (Lipinski definition) is 4. The van der Waals surface area contributed by atoms with E-state index in [1.54, 1.807) is 6.07 Å². The number of carbonyl (C=O) groups is 2. The summed E-state index contributed by atoms with van der Waals surface area (Å²) in [6.07, 6.45) is 0.291. The smallest absolute Gasteiger partial charge is 0.269 e. The first-order chi connectivity index (χ1) is 14.3. The van der Waals surface area contributed by atoms with Crippen LogP contribution in [0.2, 0.25) is 5.02 Å². The Kier molecular flexibility index (Phi) is 7.54. The predicted octanol–water partition coefficient (Wildman–Crippen LogP) is 2.35. The normalized spacial score (nSPS) is 11.9. The summed E-state index contributed by atoms with van der Waals surface area (Å²) in [7, 11) is 0. The first-order valence-electron chi connectivity index (χ1n) is 8.72. The molecule has 2 amide bonds. The van der Waals surface area contributed by atoms with E-state index in [9.17, 15) is 14.7 Å². The SMILES string of the molecule is C=Cc1c(NC(C(=O)NNC(=O)c2ccc(C#N)cc2)C(C)O)ccc(C#N)c1Cl. The van der Waals surface area contributed by atoms with Crippen LogP contribution in [0.15, 0.2) is 43.0 Å². The van der Waals surface area contributed by atoms with Gasteiger partial charge < -0.3 is 10.4 Å². The minimum Gasteiger partial charge on any atom is -0.391 e. The van der Waals surface area contributed by atoms with Gasteiger partial charge >= 0.3 is 0 Å². The summed E-state index contributed by atoms with van der Waals surface area (Å²) in [6.45, 7) is 5.06. The predicted molar refractivity (Wildman–Crippen MR) is 112 cm³/mol. The number of aliphatic hydroxyl groups is 1. The second-order valence-corrected chi connectivity index (χ2v) is 6.58. The maximum Gasteiger partial charge on any atom is 0.269 e. The topological polar surface area (TPSA) is 138 Å². The molecule has 0 saturated carbocycles. The van der Waals surface area contributed by atoms with E-state index in [2.05, 4.69) is 22.7 Å². The first kappa shape index (κ1) is 22.4. The number of amides is 2. The molecule has 0 aliphatic carbocycles. The summed E-state index contributed by atoms with van der Waals surface area (Å²) in [5, 5.41) is 30.9. The van der Waals surface area contributed by atoms with Crippen molar-refractivity contribution in [1.29, 1.82) is 10.5 Å². The lowest BCUT2D eigenvalue weighted by atomic mass is 10.1. The molecular formula is C21H18ClN5O3. The fourth-order valence-electron chi connectivity index (χ4n) is 2.54. The Balaban J connectivity index is 2.13. The van der Waals surface area contributed by atoms with Crippen LogP contribution in [-0.2, 0) is 4.79 Å². The Bertz CT molecular complexity index is 1050. The fraction of sp³-hybridized carbons (Fsp3) is 0.143. The zero-order valence-electron chi connectivity index (χ0n) is 15.9. The third-order valence-electron chi connectivity index (χ3n) is 4.16. The van der Waals surface area contributed by atoms with Crippen molar-refractivity contribution in [1.82, 2.24) is 10.9 Å². The highest BCUT2D eigenvalue weighted by atomic mass is 35.5. The Hall–Kier alpha value is -3.85. The molecule has 0 heterocycles. The summed E-state index contributed by atoms with van der Waals surface area (Å²) in [6, 6.07) is 11.6. The number of hydrogen-bond acceptors (Lipinski definition) is 6. The molecule has 0 radical (unpaired) electrons. The molecule has 9 heteroatoms. The average molecular weight is 424 g/mol. The molecule has 0 aromatic heterocycles. The van der Waals surface area contributed by atoms with Gasteiger partial charge in [0.1, 0.15) is 12.1 Å². The van der Waals surface area contributed by atoms with E-state index in [4.69, 9.17) is 22.1 Å². The zero-order valence-corrected chi connectivity index (χ0v) is 16.7. The second-order valence-electron chi connectivity index (χ2n) is 6.20. The van der Waals surface area contributed by atoms with Gasteiger partial charge in [0.15, 0.2) is 0 Å². The van der Waals surface area contributed by atoms with E-state index in [1.807, 2.05) is 12.1 Å². The van der Waals surface area contributed by atoms with Crippen molar-refractivity contribution in [3.05, 3.63) is 70.3 Å². The number of benzene rings is 2. The van der Waals surface area contributed by atoms with Gasteiger partial charge in [-0.25, -0.2) is 0 Å². The lowest BCUT2D eigenvalue weighted by Gasteiger charge is -2.23. The Morgan fingerprint density at radius 2 is 1.80 bits per heavy atom. The van der Waals surface area contributed by atoms with E-state index in [0.717, 1.165) is 0 Å². The lowest BCUT2D eigenvalue weighted by Crippen LogP contribution is -2.52. The van der Waals surface area contributed by atoms with Gasteiger partial charge in [-0.05, 0) is 43.3 Å². The Morgan fingerprint density at radius 1 is 1.13 bits per heavy atom. The van der Waals surface area contributed by atoms with E-state index < -0.39 is 24.0 Å². The Morgan fingerprint density at radius 3 is 2.33 bits per heavy atom. The molecule has 0 spiro atoms. The fourth-order valence-corrected chi connectivity index (χ4v) is 2.83. The van der Waals surface area contributed by atoms with Gasteiger partial charge in [-0.1, -0.05) is 24.3 Å². The van der Waals surface area contributed by atoms with Gasteiger partial charge in [0.25, 0.3) is 11.8 Å². The quantitative estimate of drug-likeness (QED) is 0.526. The van der Waals surface area contributed by atoms with Crippen LogP contribution < -0.4 is 16.2 Å². The number of aliphatic hydroxyl groups excluding tert-OH is 1. The molecule has 2 unspecified atom stereocenters. The third kappa shape index (κ3) is 5.15. The molecule has 30 heavy (non-hydrogen) atoms. The van der Waals surface area contributed by atoms with Crippen molar-refractivity contribution in [2.24, 2.45) is 0 Å². The lowest BCUT2D eigenvalue weighted by molar-refractivity contribution is -0.124. The zero-order chi connectivity index (χ0) is 22.3. The molecule has 0 saturated heterocycles. The summed E-state index contributed by atoms with van der Waals surface area (Å²) in [5.41, 5.74) is 6.16. The van der Waals surface area contributed by atoms with Crippen LogP contribution in [0.1, 0.15) is 34.0 Å². The van der Waals surface area contributed by atoms with Crippen molar-refractivity contribution >= 4 is 35.2 Å². The van der Waals surface area contributed by atoms with Crippen LogP contribution in [0.25, 0.3) is 6.08 Å². The minimum absolute atomic E-state index is 0.163. The first-order valence-corrected chi connectivity index (χ1v) is 9.10. The molecule has 0 fully saturated rings. The number of hydrazine groups is 1.